The maximum absolute atomic E-state index is 5.40. The summed E-state index contributed by atoms with van der Waals surface area (Å²) in [4.78, 5) is 6.58. The van der Waals surface area contributed by atoms with E-state index in [4.69, 9.17) is 4.74 Å². The Morgan fingerprint density at radius 3 is 2.81 bits per heavy atom. The molecule has 0 aliphatic carbocycles. The lowest BCUT2D eigenvalue weighted by molar-refractivity contribution is 0.0625. The molecular weight excluding hydrogens is 397 g/mol. The number of nitrogens with one attached hydrogen (secondary N) is 1. The second-order valence-electron chi connectivity index (χ2n) is 5.10. The number of guanidine groups is 1. The molecule has 6 heteroatoms. The largest absolute Gasteiger partial charge is 0.381 e. The van der Waals surface area contributed by atoms with E-state index >= 15 is 0 Å². The van der Waals surface area contributed by atoms with E-state index in [1.54, 1.807) is 0 Å². The highest BCUT2D eigenvalue weighted by Gasteiger charge is 2.15. The van der Waals surface area contributed by atoms with Crippen molar-refractivity contribution in [3.8, 4) is 0 Å². The molecule has 0 aromatic rings. The molecule has 1 fully saturated rings. The van der Waals surface area contributed by atoms with E-state index in [1.807, 2.05) is 24.9 Å². The smallest absolute Gasteiger partial charge is 0.193 e. The van der Waals surface area contributed by atoms with Gasteiger partial charge in [-0.1, -0.05) is 6.08 Å². The molecule has 124 valence electrons. The van der Waals surface area contributed by atoms with E-state index in [0.717, 1.165) is 49.7 Å². The maximum atomic E-state index is 5.40. The fraction of sp³-hybridized carbons (Fsp3) is 0.800. The minimum atomic E-state index is 0. The second-order valence-corrected chi connectivity index (χ2v) is 6.25. The summed E-state index contributed by atoms with van der Waals surface area (Å²) in [5, 5.41) is 3.41. The van der Waals surface area contributed by atoms with Crippen LogP contribution in [0.1, 0.15) is 19.3 Å². The van der Waals surface area contributed by atoms with Gasteiger partial charge in [-0.05, 0) is 25.2 Å². The van der Waals surface area contributed by atoms with Crippen LogP contribution >= 0.6 is 35.7 Å². The van der Waals surface area contributed by atoms with Crippen molar-refractivity contribution in [3.05, 3.63) is 12.7 Å². The molecule has 0 bridgehead atoms. The first-order valence-electron chi connectivity index (χ1n) is 7.46. The number of rotatable bonds is 8. The van der Waals surface area contributed by atoms with Gasteiger partial charge in [-0.2, -0.15) is 11.8 Å². The van der Waals surface area contributed by atoms with Gasteiger partial charge in [0.1, 0.15) is 0 Å². The summed E-state index contributed by atoms with van der Waals surface area (Å²) >= 11 is 1.89. The molecule has 21 heavy (non-hydrogen) atoms. The summed E-state index contributed by atoms with van der Waals surface area (Å²) in [6, 6.07) is 0. The van der Waals surface area contributed by atoms with Crippen LogP contribution in [0.25, 0.3) is 0 Å². The Morgan fingerprint density at radius 2 is 2.19 bits per heavy atom. The Bertz CT molecular complexity index is 297. The summed E-state index contributed by atoms with van der Waals surface area (Å²) in [7, 11) is 3.97. The molecule has 1 aliphatic heterocycles. The predicted octanol–water partition coefficient (Wildman–Crippen LogP) is 2.85. The van der Waals surface area contributed by atoms with Gasteiger partial charge < -0.3 is 15.0 Å². The number of hydrogen-bond donors (Lipinski definition) is 1. The van der Waals surface area contributed by atoms with Crippen LogP contribution in [-0.2, 0) is 4.74 Å². The zero-order chi connectivity index (χ0) is 14.6. The quantitative estimate of drug-likeness (QED) is 0.213. The second kappa shape index (κ2) is 13.7. The van der Waals surface area contributed by atoms with Crippen LogP contribution in [0.5, 0.6) is 0 Å². The van der Waals surface area contributed by atoms with Crippen molar-refractivity contribution < 1.29 is 4.74 Å². The van der Waals surface area contributed by atoms with Crippen molar-refractivity contribution >= 4 is 41.7 Å². The molecule has 0 saturated carbocycles. The standard InChI is InChI=1S/C15H29N3OS.HI/c1-4-12-20-13-8-17-15(16-2)18(3)9-5-14-6-10-19-11-7-14;/h4,14H,1,5-13H2,2-3H3,(H,16,17);1H. The highest BCUT2D eigenvalue weighted by molar-refractivity contribution is 14.0. The van der Waals surface area contributed by atoms with E-state index < -0.39 is 0 Å². The van der Waals surface area contributed by atoms with Gasteiger partial charge in [0.05, 0.1) is 0 Å². The molecule has 1 heterocycles. The monoisotopic (exact) mass is 427 g/mol. The van der Waals surface area contributed by atoms with Crippen LogP contribution in [0.4, 0.5) is 0 Å². The van der Waals surface area contributed by atoms with Gasteiger partial charge in [0.15, 0.2) is 5.96 Å². The number of thioether (sulfide) groups is 1. The van der Waals surface area contributed by atoms with E-state index in [0.29, 0.717) is 0 Å². The molecule has 1 saturated heterocycles. The summed E-state index contributed by atoms with van der Waals surface area (Å²) in [6.45, 7) is 7.60. The molecule has 0 aromatic heterocycles. The molecule has 0 radical (unpaired) electrons. The summed E-state index contributed by atoms with van der Waals surface area (Å²) in [5.74, 6) is 3.90. The first-order valence-corrected chi connectivity index (χ1v) is 8.61. The lowest BCUT2D eigenvalue weighted by Crippen LogP contribution is -2.41. The van der Waals surface area contributed by atoms with Crippen molar-refractivity contribution in [2.45, 2.75) is 19.3 Å². The molecule has 1 aliphatic rings. The van der Waals surface area contributed by atoms with Gasteiger partial charge in [0.25, 0.3) is 0 Å². The topological polar surface area (TPSA) is 36.9 Å². The zero-order valence-electron chi connectivity index (χ0n) is 13.3. The first kappa shape index (κ1) is 21.0. The van der Waals surface area contributed by atoms with Crippen molar-refractivity contribution in [1.82, 2.24) is 10.2 Å². The van der Waals surface area contributed by atoms with Gasteiger partial charge in [0, 0.05) is 51.9 Å². The zero-order valence-corrected chi connectivity index (χ0v) is 16.5. The van der Waals surface area contributed by atoms with Crippen LogP contribution in [-0.4, -0.2) is 62.8 Å². The molecular formula is C15H30IN3OS. The van der Waals surface area contributed by atoms with Gasteiger partial charge in [-0.25, -0.2) is 0 Å². The third-order valence-electron chi connectivity index (χ3n) is 3.55. The van der Waals surface area contributed by atoms with Crippen molar-refractivity contribution in [2.24, 2.45) is 10.9 Å². The molecule has 0 amide bonds. The first-order chi connectivity index (χ1) is 9.77. The average Bonchev–Trinajstić information content (AvgIpc) is 2.49. The molecule has 0 aromatic carbocycles. The predicted molar refractivity (Wildman–Crippen MR) is 105 cm³/mol. The van der Waals surface area contributed by atoms with Gasteiger partial charge in [-0.15, -0.1) is 30.6 Å². The number of nitrogens with zero attached hydrogens (tertiary/aromatic N) is 2. The van der Waals surface area contributed by atoms with Crippen LogP contribution in [0, 0.1) is 5.92 Å². The number of halogens is 1. The van der Waals surface area contributed by atoms with E-state index in [1.165, 1.54) is 19.3 Å². The van der Waals surface area contributed by atoms with E-state index in [9.17, 15) is 0 Å². The summed E-state index contributed by atoms with van der Waals surface area (Å²) < 4.78 is 5.40. The van der Waals surface area contributed by atoms with Crippen molar-refractivity contribution in [3.63, 3.8) is 0 Å². The summed E-state index contributed by atoms with van der Waals surface area (Å²) in [5.41, 5.74) is 0. The Kier molecular flexibility index (Phi) is 13.7. The fourth-order valence-electron chi connectivity index (χ4n) is 2.30. The third-order valence-corrected chi connectivity index (χ3v) is 4.52. The summed E-state index contributed by atoms with van der Waals surface area (Å²) in [6.07, 6.45) is 5.58. The number of aliphatic imine (C=N–C) groups is 1. The Hall–Kier alpha value is 0.0500. The molecule has 0 atom stereocenters. The molecule has 1 N–H and O–H groups in total. The van der Waals surface area contributed by atoms with Crippen LogP contribution in [0.3, 0.4) is 0 Å². The van der Waals surface area contributed by atoms with Gasteiger partial charge in [-0.3, -0.25) is 4.99 Å². The van der Waals surface area contributed by atoms with Gasteiger partial charge in [0.2, 0.25) is 0 Å². The Morgan fingerprint density at radius 1 is 1.48 bits per heavy atom. The van der Waals surface area contributed by atoms with E-state index in [2.05, 4.69) is 28.8 Å². The average molecular weight is 427 g/mol. The van der Waals surface area contributed by atoms with Crippen LogP contribution < -0.4 is 5.32 Å². The van der Waals surface area contributed by atoms with Crippen LogP contribution in [0.2, 0.25) is 0 Å². The maximum Gasteiger partial charge on any atom is 0.193 e. The molecule has 0 spiro atoms. The van der Waals surface area contributed by atoms with E-state index in [-0.39, 0.29) is 24.0 Å². The highest BCUT2D eigenvalue weighted by atomic mass is 127. The fourth-order valence-corrected chi connectivity index (χ4v) is 2.88. The van der Waals surface area contributed by atoms with Gasteiger partial charge >= 0.3 is 0 Å². The number of hydrogen-bond acceptors (Lipinski definition) is 3. The van der Waals surface area contributed by atoms with Crippen LogP contribution in [0.15, 0.2) is 17.6 Å². The van der Waals surface area contributed by atoms with Crippen molar-refractivity contribution in [1.29, 1.82) is 0 Å². The SMILES string of the molecule is C=CCSCCNC(=NC)N(C)CCC1CCOCC1.I. The minimum Gasteiger partial charge on any atom is -0.381 e. The normalized spacial score (nSPS) is 16.2. The van der Waals surface area contributed by atoms with Crippen molar-refractivity contribution in [2.75, 3.05) is 51.9 Å². The Labute approximate surface area is 151 Å². The molecule has 0 unspecified atom stereocenters. The highest BCUT2D eigenvalue weighted by Crippen LogP contribution is 2.18. The lowest BCUT2D eigenvalue weighted by Gasteiger charge is -2.26. The molecule has 1 rings (SSSR count). The third kappa shape index (κ3) is 9.63. The number of ether oxygens (including phenoxy) is 1. The Balaban J connectivity index is 0.00000400. The minimum absolute atomic E-state index is 0. The lowest BCUT2D eigenvalue weighted by atomic mass is 9.96. The molecule has 4 nitrogen and oxygen atoms in total.